The minimum absolute atomic E-state index is 0.128. The van der Waals surface area contributed by atoms with Gasteiger partial charge in [-0.05, 0) is 90.7 Å². The lowest BCUT2D eigenvalue weighted by molar-refractivity contribution is 0.0903. The van der Waals surface area contributed by atoms with Crippen LogP contribution >= 0.6 is 22.7 Å². The monoisotopic (exact) mass is 435 g/mol. The van der Waals surface area contributed by atoms with Crippen LogP contribution in [0.3, 0.4) is 0 Å². The van der Waals surface area contributed by atoms with E-state index in [2.05, 4.69) is 4.72 Å². The largest absolute Gasteiger partial charge is 0.378 e. The second kappa shape index (κ2) is 7.72. The van der Waals surface area contributed by atoms with Gasteiger partial charge in [0.2, 0.25) is 10.0 Å². The zero-order chi connectivity index (χ0) is 20.7. The van der Waals surface area contributed by atoms with Crippen molar-refractivity contribution in [1.82, 2.24) is 4.72 Å². The fraction of sp³-hybridized carbons (Fsp3) is 0.333. The number of sulfonamides is 1. The van der Waals surface area contributed by atoms with Crippen molar-refractivity contribution in [3.05, 3.63) is 72.6 Å². The molecule has 2 aromatic heterocycles. The Morgan fingerprint density at radius 2 is 1.57 bits per heavy atom. The molecule has 0 aliphatic rings. The van der Waals surface area contributed by atoms with Crippen LogP contribution < -0.4 is 4.72 Å². The van der Waals surface area contributed by atoms with E-state index in [1.165, 1.54) is 22.7 Å². The molecule has 0 saturated heterocycles. The molecule has 0 saturated carbocycles. The highest BCUT2D eigenvalue weighted by Gasteiger charge is 2.35. The summed E-state index contributed by atoms with van der Waals surface area (Å²) in [5, 5.41) is 17.0. The van der Waals surface area contributed by atoms with Gasteiger partial charge in [-0.1, -0.05) is 6.07 Å². The Labute approximate surface area is 174 Å². The molecule has 1 unspecified atom stereocenters. The first kappa shape index (κ1) is 21.2. The Hall–Kier alpha value is -1.51. The van der Waals surface area contributed by atoms with Crippen LogP contribution in [-0.2, 0) is 15.6 Å². The van der Waals surface area contributed by atoms with E-state index in [1.807, 2.05) is 69.0 Å². The van der Waals surface area contributed by atoms with Crippen molar-refractivity contribution in [2.24, 2.45) is 0 Å². The van der Waals surface area contributed by atoms with Crippen molar-refractivity contribution in [3.8, 4) is 0 Å². The number of hydrogen-bond donors (Lipinski definition) is 2. The van der Waals surface area contributed by atoms with Crippen molar-refractivity contribution in [1.29, 1.82) is 0 Å². The van der Waals surface area contributed by atoms with Gasteiger partial charge in [0, 0.05) is 17.0 Å². The molecular formula is C21H25NO3S3. The molecule has 150 valence electrons. The first-order chi connectivity index (χ1) is 13.1. The molecule has 0 spiro atoms. The fourth-order valence-corrected chi connectivity index (χ4v) is 6.71. The molecular weight excluding hydrogens is 410 g/mol. The van der Waals surface area contributed by atoms with Gasteiger partial charge in [0.1, 0.15) is 5.60 Å². The zero-order valence-corrected chi connectivity index (χ0v) is 19.1. The second-order valence-electron chi connectivity index (χ2n) is 7.13. The molecule has 3 rings (SSSR count). The Morgan fingerprint density at radius 3 is 2.07 bits per heavy atom. The van der Waals surface area contributed by atoms with Crippen LogP contribution in [0.4, 0.5) is 0 Å². The van der Waals surface area contributed by atoms with E-state index >= 15 is 0 Å². The predicted octanol–water partition coefficient (Wildman–Crippen LogP) is 4.57. The minimum atomic E-state index is -3.80. The minimum Gasteiger partial charge on any atom is -0.378 e. The van der Waals surface area contributed by atoms with Crippen molar-refractivity contribution in [2.75, 3.05) is 6.54 Å². The third-order valence-corrected chi connectivity index (χ3v) is 9.02. The van der Waals surface area contributed by atoms with E-state index in [4.69, 9.17) is 0 Å². The summed E-state index contributed by atoms with van der Waals surface area (Å²) < 4.78 is 29.2. The quantitative estimate of drug-likeness (QED) is 0.596. The van der Waals surface area contributed by atoms with Gasteiger partial charge < -0.3 is 5.11 Å². The number of rotatable bonds is 6. The topological polar surface area (TPSA) is 66.4 Å². The second-order valence-corrected chi connectivity index (χ2v) is 10.6. The molecule has 2 N–H and O–H groups in total. The number of aliphatic hydroxyl groups is 1. The third-order valence-electron chi connectivity index (χ3n) is 5.65. The van der Waals surface area contributed by atoms with Gasteiger partial charge in [-0.15, -0.1) is 11.3 Å². The smallest absolute Gasteiger partial charge is 0.241 e. The van der Waals surface area contributed by atoms with E-state index < -0.39 is 15.6 Å². The predicted molar refractivity (Wildman–Crippen MR) is 117 cm³/mol. The molecule has 4 nitrogen and oxygen atoms in total. The summed E-state index contributed by atoms with van der Waals surface area (Å²) >= 11 is 2.88. The van der Waals surface area contributed by atoms with Gasteiger partial charge in [0.25, 0.3) is 0 Å². The first-order valence-corrected chi connectivity index (χ1v) is 12.3. The molecule has 0 bridgehead atoms. The molecule has 7 heteroatoms. The normalized spacial score (nSPS) is 14.2. The Morgan fingerprint density at radius 1 is 0.964 bits per heavy atom. The summed E-state index contributed by atoms with van der Waals surface area (Å²) in [6.45, 7) is 9.46. The Kier molecular flexibility index (Phi) is 5.85. The number of nitrogens with one attached hydrogen (secondary N) is 1. The van der Waals surface area contributed by atoms with Crippen LogP contribution in [-0.4, -0.2) is 20.1 Å². The van der Waals surface area contributed by atoms with Crippen molar-refractivity contribution in [2.45, 2.75) is 45.1 Å². The molecule has 28 heavy (non-hydrogen) atoms. The highest BCUT2D eigenvalue weighted by atomic mass is 32.2. The van der Waals surface area contributed by atoms with Crippen LogP contribution in [0.15, 0.2) is 39.2 Å². The zero-order valence-electron chi connectivity index (χ0n) is 16.7. The number of thiophene rings is 2. The fourth-order valence-electron chi connectivity index (χ4n) is 3.49. The van der Waals surface area contributed by atoms with E-state index in [-0.39, 0.29) is 6.54 Å². The van der Waals surface area contributed by atoms with Gasteiger partial charge in [0.15, 0.2) is 0 Å². The third kappa shape index (κ3) is 3.57. The molecule has 2 heterocycles. The highest BCUT2D eigenvalue weighted by molar-refractivity contribution is 7.89. The van der Waals surface area contributed by atoms with Gasteiger partial charge in [-0.3, -0.25) is 0 Å². The molecule has 3 aromatic rings. The summed E-state index contributed by atoms with van der Waals surface area (Å²) in [4.78, 5) is 1.02. The summed E-state index contributed by atoms with van der Waals surface area (Å²) in [6.07, 6.45) is 0. The van der Waals surface area contributed by atoms with Crippen LogP contribution in [0.5, 0.6) is 0 Å². The molecule has 0 aliphatic carbocycles. The lowest BCUT2D eigenvalue weighted by atomic mass is 9.95. The summed E-state index contributed by atoms with van der Waals surface area (Å²) in [5.74, 6) is 0. The average molecular weight is 436 g/mol. The van der Waals surface area contributed by atoms with Gasteiger partial charge >= 0.3 is 0 Å². The average Bonchev–Trinajstić information content (AvgIpc) is 3.37. The first-order valence-electron chi connectivity index (χ1n) is 8.95. The van der Waals surface area contributed by atoms with Crippen molar-refractivity contribution < 1.29 is 13.5 Å². The van der Waals surface area contributed by atoms with E-state index in [1.54, 1.807) is 0 Å². The molecule has 0 aliphatic heterocycles. The SMILES string of the molecule is Cc1c(C)c(C)c(S(=O)(=O)NCC(O)(c2ccsc2)c2cccs2)c(C)c1C. The Bertz CT molecular complexity index is 1020. The summed E-state index contributed by atoms with van der Waals surface area (Å²) in [7, 11) is -3.80. The van der Waals surface area contributed by atoms with Crippen LogP contribution in [0, 0.1) is 34.6 Å². The summed E-state index contributed by atoms with van der Waals surface area (Å²) in [6, 6.07) is 5.51. The van der Waals surface area contributed by atoms with E-state index in [0.717, 1.165) is 27.8 Å². The summed E-state index contributed by atoms with van der Waals surface area (Å²) in [5.41, 5.74) is 3.86. The maximum Gasteiger partial charge on any atom is 0.241 e. The Balaban J connectivity index is 2.02. The highest BCUT2D eigenvalue weighted by Crippen LogP contribution is 2.35. The lowest BCUT2D eigenvalue weighted by Gasteiger charge is -2.27. The molecule has 1 atom stereocenters. The van der Waals surface area contributed by atoms with Gasteiger partial charge in [-0.2, -0.15) is 11.3 Å². The van der Waals surface area contributed by atoms with E-state index in [9.17, 15) is 13.5 Å². The molecule has 0 amide bonds. The van der Waals surface area contributed by atoms with Crippen molar-refractivity contribution >= 4 is 32.7 Å². The van der Waals surface area contributed by atoms with Crippen LogP contribution in [0.25, 0.3) is 0 Å². The maximum atomic E-state index is 13.3. The number of hydrogen-bond acceptors (Lipinski definition) is 5. The van der Waals surface area contributed by atoms with E-state index in [0.29, 0.717) is 15.3 Å². The number of benzene rings is 1. The maximum absolute atomic E-state index is 13.3. The van der Waals surface area contributed by atoms with Crippen LogP contribution in [0.2, 0.25) is 0 Å². The van der Waals surface area contributed by atoms with Crippen molar-refractivity contribution in [3.63, 3.8) is 0 Å². The molecule has 0 radical (unpaired) electrons. The lowest BCUT2D eigenvalue weighted by Crippen LogP contribution is -2.41. The van der Waals surface area contributed by atoms with Crippen LogP contribution in [0.1, 0.15) is 38.3 Å². The molecule has 1 aromatic carbocycles. The van der Waals surface area contributed by atoms with Gasteiger partial charge in [-0.25, -0.2) is 13.1 Å². The standard InChI is InChI=1S/C21H25NO3S3/c1-13-14(2)16(4)20(17(5)15(13)3)28(24,25)22-12-21(23,18-8-10-26-11-18)19-7-6-9-27-19/h6-11,22-23H,12H2,1-5H3. The van der Waals surface area contributed by atoms with Gasteiger partial charge in [0.05, 0.1) is 4.90 Å². The molecule has 0 fully saturated rings.